The van der Waals surface area contributed by atoms with E-state index < -0.39 is 10.0 Å². The van der Waals surface area contributed by atoms with Gasteiger partial charge in [-0.25, -0.2) is 12.7 Å². The van der Waals surface area contributed by atoms with Gasteiger partial charge in [-0.1, -0.05) is 13.8 Å². The Kier molecular flexibility index (Phi) is 5.41. The van der Waals surface area contributed by atoms with E-state index in [4.69, 9.17) is 5.73 Å². The van der Waals surface area contributed by atoms with Gasteiger partial charge in [0, 0.05) is 13.1 Å². The first kappa shape index (κ1) is 14.9. The third-order valence-electron chi connectivity index (χ3n) is 3.83. The smallest absolute Gasteiger partial charge is 0.211 e. The first-order valence-electron chi connectivity index (χ1n) is 6.49. The molecule has 0 amide bonds. The lowest BCUT2D eigenvalue weighted by Crippen LogP contribution is -2.40. The summed E-state index contributed by atoms with van der Waals surface area (Å²) in [6.07, 6.45) is 4.47. The van der Waals surface area contributed by atoms with Crippen molar-refractivity contribution in [2.75, 3.05) is 25.9 Å². The SMILES string of the molecule is CC(C)C(CN)CC1CCCN(S(C)(=O)=O)C1. The largest absolute Gasteiger partial charge is 0.330 e. The van der Waals surface area contributed by atoms with Gasteiger partial charge in [-0.2, -0.15) is 0 Å². The summed E-state index contributed by atoms with van der Waals surface area (Å²) in [5.41, 5.74) is 5.78. The summed E-state index contributed by atoms with van der Waals surface area (Å²) in [5.74, 6) is 1.57. The molecule has 5 heteroatoms. The Morgan fingerprint density at radius 3 is 2.53 bits per heavy atom. The molecule has 1 heterocycles. The maximum absolute atomic E-state index is 11.5. The molecule has 1 rings (SSSR count). The van der Waals surface area contributed by atoms with E-state index >= 15 is 0 Å². The lowest BCUT2D eigenvalue weighted by Gasteiger charge is -2.33. The summed E-state index contributed by atoms with van der Waals surface area (Å²) in [7, 11) is -3.02. The fourth-order valence-corrected chi connectivity index (χ4v) is 3.53. The summed E-state index contributed by atoms with van der Waals surface area (Å²) >= 11 is 0. The van der Waals surface area contributed by atoms with Gasteiger partial charge in [0.1, 0.15) is 0 Å². The van der Waals surface area contributed by atoms with Crippen LogP contribution in [0.3, 0.4) is 0 Å². The molecule has 1 aliphatic rings. The quantitative estimate of drug-likeness (QED) is 0.812. The number of rotatable bonds is 5. The van der Waals surface area contributed by atoms with Gasteiger partial charge >= 0.3 is 0 Å². The summed E-state index contributed by atoms with van der Waals surface area (Å²) in [4.78, 5) is 0. The molecule has 1 aliphatic heterocycles. The molecule has 0 saturated carbocycles. The average Bonchev–Trinajstić information content (AvgIpc) is 2.24. The number of nitrogens with two attached hydrogens (primary N) is 1. The molecule has 0 spiro atoms. The second-order valence-electron chi connectivity index (χ2n) is 5.60. The highest BCUT2D eigenvalue weighted by Crippen LogP contribution is 2.27. The minimum Gasteiger partial charge on any atom is -0.330 e. The maximum atomic E-state index is 11.5. The Hall–Kier alpha value is -0.130. The number of hydrogen-bond donors (Lipinski definition) is 1. The van der Waals surface area contributed by atoms with Gasteiger partial charge < -0.3 is 5.73 Å². The molecule has 0 aromatic carbocycles. The second-order valence-corrected chi connectivity index (χ2v) is 7.59. The van der Waals surface area contributed by atoms with Crippen molar-refractivity contribution < 1.29 is 8.42 Å². The van der Waals surface area contributed by atoms with E-state index in [0.29, 0.717) is 37.4 Å². The van der Waals surface area contributed by atoms with E-state index in [0.717, 1.165) is 19.3 Å². The lowest BCUT2D eigenvalue weighted by atomic mass is 9.83. The molecular weight excluding hydrogens is 236 g/mol. The zero-order valence-electron chi connectivity index (χ0n) is 11.2. The topological polar surface area (TPSA) is 63.4 Å². The molecule has 2 atom stereocenters. The zero-order valence-corrected chi connectivity index (χ0v) is 12.0. The molecule has 0 bridgehead atoms. The van der Waals surface area contributed by atoms with Gasteiger partial charge in [0.2, 0.25) is 10.0 Å². The van der Waals surface area contributed by atoms with Crippen molar-refractivity contribution >= 4 is 10.0 Å². The van der Waals surface area contributed by atoms with Gasteiger partial charge in [-0.05, 0) is 43.6 Å². The van der Waals surface area contributed by atoms with E-state index in [1.54, 1.807) is 4.31 Å². The maximum Gasteiger partial charge on any atom is 0.211 e. The molecule has 2 unspecified atom stereocenters. The highest BCUT2D eigenvalue weighted by atomic mass is 32.2. The van der Waals surface area contributed by atoms with E-state index in [9.17, 15) is 8.42 Å². The monoisotopic (exact) mass is 262 g/mol. The third kappa shape index (κ3) is 4.56. The number of piperidine rings is 1. The average molecular weight is 262 g/mol. The van der Waals surface area contributed by atoms with Gasteiger partial charge in [-0.15, -0.1) is 0 Å². The van der Waals surface area contributed by atoms with Crippen LogP contribution in [0, 0.1) is 17.8 Å². The lowest BCUT2D eigenvalue weighted by molar-refractivity contribution is 0.212. The van der Waals surface area contributed by atoms with Crippen molar-refractivity contribution in [1.29, 1.82) is 0 Å². The summed E-state index contributed by atoms with van der Waals surface area (Å²) in [6, 6.07) is 0. The summed E-state index contributed by atoms with van der Waals surface area (Å²) in [6.45, 7) is 6.45. The molecule has 2 N–H and O–H groups in total. The van der Waals surface area contributed by atoms with Crippen molar-refractivity contribution in [2.45, 2.75) is 33.1 Å². The summed E-state index contributed by atoms with van der Waals surface area (Å²) in [5, 5.41) is 0. The number of hydrogen-bond acceptors (Lipinski definition) is 3. The van der Waals surface area contributed by atoms with Crippen molar-refractivity contribution in [2.24, 2.45) is 23.5 Å². The van der Waals surface area contributed by atoms with Crippen LogP contribution in [0.15, 0.2) is 0 Å². The minimum atomic E-state index is -3.02. The third-order valence-corrected chi connectivity index (χ3v) is 5.10. The predicted octanol–water partition coefficient (Wildman–Crippen LogP) is 1.28. The minimum absolute atomic E-state index is 0.481. The number of sulfonamides is 1. The molecule has 0 aliphatic carbocycles. The van der Waals surface area contributed by atoms with E-state index in [1.807, 2.05) is 0 Å². The van der Waals surface area contributed by atoms with Gasteiger partial charge in [0.15, 0.2) is 0 Å². The van der Waals surface area contributed by atoms with Crippen LogP contribution in [-0.2, 0) is 10.0 Å². The standard InChI is InChI=1S/C12H26N2O2S/c1-10(2)12(8-13)7-11-5-4-6-14(9-11)17(3,15)16/h10-12H,4-9,13H2,1-3H3. The van der Waals surface area contributed by atoms with Crippen LogP contribution < -0.4 is 5.73 Å². The Morgan fingerprint density at radius 2 is 2.06 bits per heavy atom. The number of nitrogens with zero attached hydrogens (tertiary/aromatic N) is 1. The van der Waals surface area contributed by atoms with Crippen LogP contribution in [0.2, 0.25) is 0 Å². The Labute approximate surface area is 106 Å². The van der Waals surface area contributed by atoms with E-state index in [1.165, 1.54) is 6.26 Å². The van der Waals surface area contributed by atoms with Gasteiger partial charge in [0.05, 0.1) is 6.26 Å². The fourth-order valence-electron chi connectivity index (χ4n) is 2.59. The van der Waals surface area contributed by atoms with Crippen molar-refractivity contribution in [1.82, 2.24) is 4.31 Å². The molecule has 102 valence electrons. The molecule has 1 saturated heterocycles. The highest BCUT2D eigenvalue weighted by molar-refractivity contribution is 7.88. The predicted molar refractivity (Wildman–Crippen MR) is 71.1 cm³/mol. The zero-order chi connectivity index (χ0) is 13.1. The van der Waals surface area contributed by atoms with Crippen LogP contribution in [0.1, 0.15) is 33.1 Å². The second kappa shape index (κ2) is 6.16. The Bertz CT molecular complexity index is 327. The van der Waals surface area contributed by atoms with Crippen LogP contribution in [0.25, 0.3) is 0 Å². The first-order chi connectivity index (χ1) is 7.84. The molecule has 0 aromatic rings. The molecule has 4 nitrogen and oxygen atoms in total. The Balaban J connectivity index is 2.55. The summed E-state index contributed by atoms with van der Waals surface area (Å²) < 4.78 is 24.7. The highest BCUT2D eigenvalue weighted by Gasteiger charge is 2.27. The van der Waals surface area contributed by atoms with E-state index in [-0.39, 0.29) is 0 Å². The molecule has 1 fully saturated rings. The van der Waals surface area contributed by atoms with E-state index in [2.05, 4.69) is 13.8 Å². The van der Waals surface area contributed by atoms with Crippen LogP contribution in [0.5, 0.6) is 0 Å². The Morgan fingerprint density at radius 1 is 1.41 bits per heavy atom. The van der Waals surface area contributed by atoms with Gasteiger partial charge in [0.25, 0.3) is 0 Å². The van der Waals surface area contributed by atoms with Crippen LogP contribution in [0.4, 0.5) is 0 Å². The molecule has 0 aromatic heterocycles. The van der Waals surface area contributed by atoms with Gasteiger partial charge in [-0.3, -0.25) is 0 Å². The van der Waals surface area contributed by atoms with Crippen LogP contribution in [-0.4, -0.2) is 38.6 Å². The molecule has 17 heavy (non-hydrogen) atoms. The van der Waals surface area contributed by atoms with Crippen LogP contribution >= 0.6 is 0 Å². The first-order valence-corrected chi connectivity index (χ1v) is 8.34. The normalized spacial score (nSPS) is 25.1. The fraction of sp³-hybridized carbons (Fsp3) is 1.00. The molecule has 0 radical (unpaired) electrons. The van der Waals surface area contributed by atoms with Crippen molar-refractivity contribution in [3.63, 3.8) is 0 Å². The van der Waals surface area contributed by atoms with Crippen molar-refractivity contribution in [3.05, 3.63) is 0 Å². The van der Waals surface area contributed by atoms with Crippen molar-refractivity contribution in [3.8, 4) is 0 Å². The molecular formula is C12H26N2O2S.